The predicted octanol–water partition coefficient (Wildman–Crippen LogP) is 3.10. The molecule has 0 saturated carbocycles. The molecule has 1 aliphatic heterocycles. The summed E-state index contributed by atoms with van der Waals surface area (Å²) in [4.78, 5) is 16.5. The molecule has 138 valence electrons. The standard InChI is InChI=1S/C20H24FN3O2/c21-16-7-10-18(11-8-16)26-14-13-22-19(25)5-1-4-17-9-6-15-3-2-12-23-20(15)24-17/h6-11H,1-5,12-14H2,(H,22,25)(H,23,24). The molecular formula is C20H24FN3O2. The van der Waals surface area contributed by atoms with Gasteiger partial charge in [-0.15, -0.1) is 0 Å². The Labute approximate surface area is 153 Å². The lowest BCUT2D eigenvalue weighted by molar-refractivity contribution is -0.121. The number of aryl methyl sites for hydroxylation is 2. The summed E-state index contributed by atoms with van der Waals surface area (Å²) in [6.45, 7) is 1.76. The highest BCUT2D eigenvalue weighted by molar-refractivity contribution is 5.75. The van der Waals surface area contributed by atoms with E-state index in [0.717, 1.165) is 43.7 Å². The van der Waals surface area contributed by atoms with E-state index in [0.29, 0.717) is 25.3 Å². The molecule has 1 aliphatic rings. The first-order valence-corrected chi connectivity index (χ1v) is 9.08. The zero-order valence-electron chi connectivity index (χ0n) is 14.8. The van der Waals surface area contributed by atoms with Crippen LogP contribution in [0.15, 0.2) is 36.4 Å². The van der Waals surface area contributed by atoms with Crippen LogP contribution in [-0.2, 0) is 17.6 Å². The van der Waals surface area contributed by atoms with Gasteiger partial charge < -0.3 is 15.4 Å². The van der Waals surface area contributed by atoms with Gasteiger partial charge >= 0.3 is 0 Å². The van der Waals surface area contributed by atoms with Gasteiger partial charge in [-0.05, 0) is 61.6 Å². The van der Waals surface area contributed by atoms with E-state index >= 15 is 0 Å². The lowest BCUT2D eigenvalue weighted by Gasteiger charge is -2.17. The van der Waals surface area contributed by atoms with Crippen molar-refractivity contribution in [1.82, 2.24) is 10.3 Å². The highest BCUT2D eigenvalue weighted by Gasteiger charge is 2.10. The molecule has 1 amide bonds. The van der Waals surface area contributed by atoms with Gasteiger partial charge in [0.25, 0.3) is 0 Å². The summed E-state index contributed by atoms with van der Waals surface area (Å²) in [5, 5.41) is 6.16. The Morgan fingerprint density at radius 1 is 1.23 bits per heavy atom. The van der Waals surface area contributed by atoms with Gasteiger partial charge in [0, 0.05) is 18.7 Å². The first-order valence-electron chi connectivity index (χ1n) is 9.08. The van der Waals surface area contributed by atoms with Crippen molar-refractivity contribution in [2.45, 2.75) is 32.1 Å². The number of carbonyl (C=O) groups excluding carboxylic acids is 1. The van der Waals surface area contributed by atoms with Gasteiger partial charge in [0.1, 0.15) is 24.0 Å². The second kappa shape index (κ2) is 9.17. The normalized spacial score (nSPS) is 12.8. The van der Waals surface area contributed by atoms with Crippen LogP contribution in [0.1, 0.15) is 30.5 Å². The molecule has 5 nitrogen and oxygen atoms in total. The van der Waals surface area contributed by atoms with Crippen molar-refractivity contribution in [1.29, 1.82) is 0 Å². The van der Waals surface area contributed by atoms with Crippen molar-refractivity contribution < 1.29 is 13.9 Å². The zero-order chi connectivity index (χ0) is 18.2. The second-order valence-electron chi connectivity index (χ2n) is 6.35. The molecule has 0 fully saturated rings. The number of halogens is 1. The van der Waals surface area contributed by atoms with E-state index < -0.39 is 0 Å². The molecule has 1 aromatic heterocycles. The highest BCUT2D eigenvalue weighted by Crippen LogP contribution is 2.20. The van der Waals surface area contributed by atoms with Gasteiger partial charge in [0.15, 0.2) is 0 Å². The number of pyridine rings is 1. The molecule has 0 radical (unpaired) electrons. The van der Waals surface area contributed by atoms with E-state index in [1.54, 1.807) is 12.1 Å². The van der Waals surface area contributed by atoms with Gasteiger partial charge in [-0.1, -0.05) is 6.07 Å². The van der Waals surface area contributed by atoms with Crippen LogP contribution in [0, 0.1) is 5.82 Å². The van der Waals surface area contributed by atoms with Crippen molar-refractivity contribution in [2.24, 2.45) is 0 Å². The lowest BCUT2D eigenvalue weighted by atomic mass is 10.1. The number of fused-ring (bicyclic) bond motifs is 1. The van der Waals surface area contributed by atoms with E-state index in [1.807, 2.05) is 0 Å². The fourth-order valence-corrected chi connectivity index (χ4v) is 2.92. The van der Waals surface area contributed by atoms with Crippen LogP contribution in [0.2, 0.25) is 0 Å². The number of nitrogens with zero attached hydrogens (tertiary/aromatic N) is 1. The lowest BCUT2D eigenvalue weighted by Crippen LogP contribution is -2.27. The summed E-state index contributed by atoms with van der Waals surface area (Å²) >= 11 is 0. The SMILES string of the molecule is O=C(CCCc1ccc2c(n1)NCCC2)NCCOc1ccc(F)cc1. The van der Waals surface area contributed by atoms with Crippen molar-refractivity contribution >= 4 is 11.7 Å². The number of amides is 1. The van der Waals surface area contributed by atoms with E-state index in [-0.39, 0.29) is 11.7 Å². The first kappa shape index (κ1) is 18.2. The molecule has 2 N–H and O–H groups in total. The smallest absolute Gasteiger partial charge is 0.220 e. The average molecular weight is 357 g/mol. The second-order valence-corrected chi connectivity index (χ2v) is 6.35. The molecule has 0 spiro atoms. The van der Waals surface area contributed by atoms with E-state index in [4.69, 9.17) is 4.74 Å². The Morgan fingerprint density at radius 2 is 2.08 bits per heavy atom. The van der Waals surface area contributed by atoms with Crippen LogP contribution in [0.5, 0.6) is 5.75 Å². The predicted molar refractivity (Wildman–Crippen MR) is 98.9 cm³/mol. The molecule has 2 heterocycles. The molecule has 2 aromatic rings. The average Bonchev–Trinajstić information content (AvgIpc) is 2.66. The van der Waals surface area contributed by atoms with Crippen molar-refractivity contribution in [2.75, 3.05) is 25.0 Å². The van der Waals surface area contributed by atoms with Crippen molar-refractivity contribution in [3.8, 4) is 5.75 Å². The minimum atomic E-state index is -0.296. The van der Waals surface area contributed by atoms with E-state index in [9.17, 15) is 9.18 Å². The number of benzene rings is 1. The Bertz CT molecular complexity index is 734. The molecule has 0 atom stereocenters. The molecule has 6 heteroatoms. The van der Waals surface area contributed by atoms with Crippen LogP contribution in [0.3, 0.4) is 0 Å². The topological polar surface area (TPSA) is 63.2 Å². The van der Waals surface area contributed by atoms with Crippen LogP contribution in [-0.4, -0.2) is 30.6 Å². The van der Waals surface area contributed by atoms with E-state index in [1.165, 1.54) is 17.7 Å². The Morgan fingerprint density at radius 3 is 2.92 bits per heavy atom. The van der Waals surface area contributed by atoms with Crippen molar-refractivity contribution in [3.63, 3.8) is 0 Å². The molecule has 0 bridgehead atoms. The molecule has 1 aromatic carbocycles. The maximum atomic E-state index is 12.8. The van der Waals surface area contributed by atoms with Crippen LogP contribution in [0.4, 0.5) is 10.2 Å². The summed E-state index contributed by atoms with van der Waals surface area (Å²) < 4.78 is 18.2. The molecule has 26 heavy (non-hydrogen) atoms. The number of hydrogen-bond donors (Lipinski definition) is 2. The van der Waals surface area contributed by atoms with E-state index in [2.05, 4.69) is 27.8 Å². The number of nitrogens with one attached hydrogen (secondary N) is 2. The largest absolute Gasteiger partial charge is 0.492 e. The number of aromatic nitrogens is 1. The third kappa shape index (κ3) is 5.44. The number of rotatable bonds is 8. The van der Waals surface area contributed by atoms with Gasteiger partial charge in [0.2, 0.25) is 5.91 Å². The Hall–Kier alpha value is -2.63. The van der Waals surface area contributed by atoms with Gasteiger partial charge in [0.05, 0.1) is 6.54 Å². The van der Waals surface area contributed by atoms with Crippen molar-refractivity contribution in [3.05, 3.63) is 53.5 Å². The minimum absolute atomic E-state index is 0.00351. The number of anilines is 1. The van der Waals surface area contributed by atoms with Crippen LogP contribution >= 0.6 is 0 Å². The van der Waals surface area contributed by atoms with Gasteiger partial charge in [-0.25, -0.2) is 9.37 Å². The molecule has 0 aliphatic carbocycles. The number of ether oxygens (including phenoxy) is 1. The molecular weight excluding hydrogens is 333 g/mol. The Balaban J connectivity index is 1.31. The molecule has 3 rings (SSSR count). The zero-order valence-corrected chi connectivity index (χ0v) is 14.8. The summed E-state index contributed by atoms with van der Waals surface area (Å²) in [6, 6.07) is 10.0. The van der Waals surface area contributed by atoms with Gasteiger partial charge in [-0.3, -0.25) is 4.79 Å². The summed E-state index contributed by atoms with van der Waals surface area (Å²) in [6.07, 6.45) is 4.24. The summed E-state index contributed by atoms with van der Waals surface area (Å²) in [5.74, 6) is 1.29. The fraction of sp³-hybridized carbons (Fsp3) is 0.400. The van der Waals surface area contributed by atoms with Crippen LogP contribution in [0.25, 0.3) is 0 Å². The fourth-order valence-electron chi connectivity index (χ4n) is 2.92. The summed E-state index contributed by atoms with van der Waals surface area (Å²) in [5.41, 5.74) is 2.30. The monoisotopic (exact) mass is 357 g/mol. The highest BCUT2D eigenvalue weighted by atomic mass is 19.1. The minimum Gasteiger partial charge on any atom is -0.492 e. The maximum absolute atomic E-state index is 12.8. The molecule has 0 saturated heterocycles. The molecule has 0 unspecified atom stereocenters. The summed E-state index contributed by atoms with van der Waals surface area (Å²) in [7, 11) is 0. The maximum Gasteiger partial charge on any atom is 0.220 e. The number of hydrogen-bond acceptors (Lipinski definition) is 4. The number of carbonyl (C=O) groups is 1. The first-order chi connectivity index (χ1) is 12.7. The third-order valence-electron chi connectivity index (χ3n) is 4.30. The van der Waals surface area contributed by atoms with Gasteiger partial charge in [-0.2, -0.15) is 0 Å². The quantitative estimate of drug-likeness (QED) is 0.713. The van der Waals surface area contributed by atoms with Crippen LogP contribution < -0.4 is 15.4 Å². The third-order valence-corrected chi connectivity index (χ3v) is 4.30. The Kier molecular flexibility index (Phi) is 6.41.